The lowest BCUT2D eigenvalue weighted by Gasteiger charge is -2.15. The highest BCUT2D eigenvalue weighted by molar-refractivity contribution is 5.94. The van der Waals surface area contributed by atoms with Gasteiger partial charge in [-0.2, -0.15) is 0 Å². The lowest BCUT2D eigenvalue weighted by Crippen LogP contribution is -2.30. The average Bonchev–Trinajstić information content (AvgIpc) is 2.61. The van der Waals surface area contributed by atoms with E-state index in [1.165, 1.54) is 0 Å². The quantitative estimate of drug-likeness (QED) is 0.664. The molecule has 0 aromatic heterocycles. The Labute approximate surface area is 153 Å². The summed E-state index contributed by atoms with van der Waals surface area (Å²) >= 11 is 0. The monoisotopic (exact) mass is 353 g/mol. The molecule has 6 heteroatoms. The van der Waals surface area contributed by atoms with Crippen molar-refractivity contribution in [2.24, 2.45) is 0 Å². The summed E-state index contributed by atoms with van der Waals surface area (Å²) in [5.41, 5.74) is 2.30. The third-order valence-corrected chi connectivity index (χ3v) is 3.49. The Morgan fingerprint density at radius 1 is 1.12 bits per heavy atom. The molecule has 0 saturated heterocycles. The van der Waals surface area contributed by atoms with Crippen molar-refractivity contribution in [2.45, 2.75) is 20.0 Å². The van der Waals surface area contributed by atoms with E-state index in [0.717, 1.165) is 5.56 Å². The molecule has 1 atom stereocenters. The number of urea groups is 1. The summed E-state index contributed by atoms with van der Waals surface area (Å²) in [7, 11) is 0. The average molecular weight is 353 g/mol. The van der Waals surface area contributed by atoms with E-state index in [-0.39, 0.29) is 11.9 Å². The molecule has 0 heterocycles. The van der Waals surface area contributed by atoms with Crippen molar-refractivity contribution in [3.05, 3.63) is 66.7 Å². The number of anilines is 2. The molecule has 1 unspecified atom stereocenters. The van der Waals surface area contributed by atoms with E-state index in [2.05, 4.69) is 22.5 Å². The Balaban J connectivity index is 1.88. The molecular formula is C20H23N3O3. The van der Waals surface area contributed by atoms with E-state index in [4.69, 9.17) is 4.74 Å². The van der Waals surface area contributed by atoms with Crippen LogP contribution in [0.3, 0.4) is 0 Å². The maximum atomic E-state index is 12.3. The maximum Gasteiger partial charge on any atom is 0.319 e. The van der Waals surface area contributed by atoms with Crippen LogP contribution < -0.4 is 20.7 Å². The normalized spacial score (nSPS) is 11.2. The SMILES string of the molecule is C=CCNC(=O)Nc1ccc(NC(=O)C(C)Oc2cccc(C)c2)cc1. The van der Waals surface area contributed by atoms with Crippen molar-refractivity contribution in [3.8, 4) is 5.75 Å². The topological polar surface area (TPSA) is 79.5 Å². The fraction of sp³-hybridized carbons (Fsp3) is 0.200. The first-order chi connectivity index (χ1) is 12.5. The number of hydrogen-bond acceptors (Lipinski definition) is 3. The minimum absolute atomic E-state index is 0.254. The molecule has 136 valence electrons. The molecule has 0 fully saturated rings. The summed E-state index contributed by atoms with van der Waals surface area (Å²) in [5.74, 6) is 0.397. The van der Waals surface area contributed by atoms with Gasteiger partial charge in [-0.05, 0) is 55.8 Å². The van der Waals surface area contributed by atoms with Crippen molar-refractivity contribution in [3.63, 3.8) is 0 Å². The number of ether oxygens (including phenoxy) is 1. The van der Waals surface area contributed by atoms with Crippen LogP contribution in [0.25, 0.3) is 0 Å². The predicted molar refractivity (Wildman–Crippen MR) is 104 cm³/mol. The third-order valence-electron chi connectivity index (χ3n) is 3.49. The molecule has 0 spiro atoms. The molecule has 0 bridgehead atoms. The number of amides is 3. The smallest absolute Gasteiger partial charge is 0.319 e. The largest absolute Gasteiger partial charge is 0.481 e. The minimum atomic E-state index is -0.640. The highest BCUT2D eigenvalue weighted by atomic mass is 16.5. The van der Waals surface area contributed by atoms with Gasteiger partial charge < -0.3 is 20.7 Å². The summed E-state index contributed by atoms with van der Waals surface area (Å²) in [4.78, 5) is 23.8. The van der Waals surface area contributed by atoms with Gasteiger partial charge in [-0.15, -0.1) is 6.58 Å². The van der Waals surface area contributed by atoms with Crippen LogP contribution in [0.1, 0.15) is 12.5 Å². The number of hydrogen-bond donors (Lipinski definition) is 3. The van der Waals surface area contributed by atoms with Crippen LogP contribution in [0.15, 0.2) is 61.2 Å². The van der Waals surface area contributed by atoms with Gasteiger partial charge in [0.25, 0.3) is 5.91 Å². The van der Waals surface area contributed by atoms with Crippen LogP contribution >= 0.6 is 0 Å². The zero-order chi connectivity index (χ0) is 18.9. The summed E-state index contributed by atoms with van der Waals surface area (Å²) in [6.07, 6.45) is 0.956. The predicted octanol–water partition coefficient (Wildman–Crippen LogP) is 3.71. The van der Waals surface area contributed by atoms with Gasteiger partial charge in [0, 0.05) is 17.9 Å². The van der Waals surface area contributed by atoms with Crippen molar-refractivity contribution in [1.29, 1.82) is 0 Å². The second-order valence-corrected chi connectivity index (χ2v) is 5.77. The number of nitrogens with one attached hydrogen (secondary N) is 3. The summed E-state index contributed by atoms with van der Waals surface area (Å²) in [5, 5.41) is 8.08. The second-order valence-electron chi connectivity index (χ2n) is 5.77. The molecule has 0 radical (unpaired) electrons. The Kier molecular flexibility index (Phi) is 6.79. The molecule has 2 aromatic rings. The van der Waals surface area contributed by atoms with Crippen LogP contribution in [0.4, 0.5) is 16.2 Å². The van der Waals surface area contributed by atoms with Gasteiger partial charge >= 0.3 is 6.03 Å². The Bertz CT molecular complexity index is 772. The first kappa shape index (κ1) is 19.1. The molecular weight excluding hydrogens is 330 g/mol. The number of benzene rings is 2. The number of carbonyl (C=O) groups is 2. The van der Waals surface area contributed by atoms with Gasteiger partial charge in [-0.25, -0.2) is 4.79 Å². The molecule has 0 aliphatic heterocycles. The molecule has 2 rings (SSSR count). The Morgan fingerprint density at radius 2 is 1.77 bits per heavy atom. The van der Waals surface area contributed by atoms with Crippen molar-refractivity contribution >= 4 is 23.3 Å². The lowest BCUT2D eigenvalue weighted by molar-refractivity contribution is -0.122. The highest BCUT2D eigenvalue weighted by Gasteiger charge is 2.15. The van der Waals surface area contributed by atoms with Gasteiger partial charge in [0.2, 0.25) is 0 Å². The molecule has 0 aliphatic rings. The molecule has 0 saturated carbocycles. The van der Waals surface area contributed by atoms with E-state index >= 15 is 0 Å². The van der Waals surface area contributed by atoms with Gasteiger partial charge in [0.1, 0.15) is 5.75 Å². The standard InChI is InChI=1S/C20H23N3O3/c1-4-12-21-20(25)23-17-10-8-16(9-11-17)22-19(24)15(3)26-18-7-5-6-14(2)13-18/h4-11,13,15H,1,12H2,2-3H3,(H,22,24)(H2,21,23,25). The van der Waals surface area contributed by atoms with Crippen LogP contribution in [-0.2, 0) is 4.79 Å². The van der Waals surface area contributed by atoms with E-state index in [1.54, 1.807) is 37.3 Å². The second kappa shape index (κ2) is 9.27. The minimum Gasteiger partial charge on any atom is -0.481 e. The third kappa shape index (κ3) is 5.98. The van der Waals surface area contributed by atoms with Crippen LogP contribution in [0, 0.1) is 6.92 Å². The zero-order valence-electron chi connectivity index (χ0n) is 14.9. The van der Waals surface area contributed by atoms with Crippen LogP contribution in [0.5, 0.6) is 5.75 Å². The molecule has 2 aromatic carbocycles. The van der Waals surface area contributed by atoms with Gasteiger partial charge in [-0.1, -0.05) is 18.2 Å². The number of aryl methyl sites for hydroxylation is 1. The zero-order valence-corrected chi connectivity index (χ0v) is 14.9. The maximum absolute atomic E-state index is 12.3. The summed E-state index contributed by atoms with van der Waals surface area (Å²) in [6, 6.07) is 14.0. The first-order valence-electron chi connectivity index (χ1n) is 8.28. The van der Waals surface area contributed by atoms with Gasteiger partial charge in [0.15, 0.2) is 6.10 Å². The first-order valence-corrected chi connectivity index (χ1v) is 8.28. The molecule has 0 aliphatic carbocycles. The number of carbonyl (C=O) groups excluding carboxylic acids is 2. The molecule has 6 nitrogen and oxygen atoms in total. The molecule has 3 amide bonds. The van der Waals surface area contributed by atoms with Crippen LogP contribution in [0.2, 0.25) is 0 Å². The summed E-state index contributed by atoms with van der Waals surface area (Å²) in [6.45, 7) is 7.57. The fourth-order valence-electron chi connectivity index (χ4n) is 2.17. The van der Waals surface area contributed by atoms with E-state index in [1.807, 2.05) is 31.2 Å². The van der Waals surface area contributed by atoms with E-state index < -0.39 is 6.10 Å². The Hall–Kier alpha value is -3.28. The van der Waals surface area contributed by atoms with Gasteiger partial charge in [0.05, 0.1) is 0 Å². The molecule has 3 N–H and O–H groups in total. The summed E-state index contributed by atoms with van der Waals surface area (Å²) < 4.78 is 5.66. The number of rotatable bonds is 7. The Morgan fingerprint density at radius 3 is 2.38 bits per heavy atom. The van der Waals surface area contributed by atoms with Gasteiger partial charge in [-0.3, -0.25) is 4.79 Å². The van der Waals surface area contributed by atoms with E-state index in [0.29, 0.717) is 23.7 Å². The highest BCUT2D eigenvalue weighted by Crippen LogP contribution is 2.16. The van der Waals surface area contributed by atoms with Crippen molar-refractivity contribution < 1.29 is 14.3 Å². The van der Waals surface area contributed by atoms with E-state index in [9.17, 15) is 9.59 Å². The van der Waals surface area contributed by atoms with Crippen molar-refractivity contribution in [2.75, 3.05) is 17.2 Å². The lowest BCUT2D eigenvalue weighted by atomic mass is 10.2. The molecule has 26 heavy (non-hydrogen) atoms. The fourth-order valence-corrected chi connectivity index (χ4v) is 2.17. The van der Waals surface area contributed by atoms with Crippen LogP contribution in [-0.4, -0.2) is 24.6 Å². The van der Waals surface area contributed by atoms with Crippen molar-refractivity contribution in [1.82, 2.24) is 5.32 Å².